The Morgan fingerprint density at radius 3 is 2.62 bits per heavy atom. The number of nitrogens with one attached hydrogen (secondary N) is 1. The van der Waals surface area contributed by atoms with Crippen LogP contribution in [-0.4, -0.2) is 24.0 Å². The lowest BCUT2D eigenvalue weighted by molar-refractivity contribution is -0.384. The number of benzene rings is 2. The molecule has 0 saturated heterocycles. The molecule has 0 aliphatic carbocycles. The van der Waals surface area contributed by atoms with Gasteiger partial charge in [0.05, 0.1) is 11.5 Å². The fraction of sp³-hybridized carbons (Fsp3) is 0.150. The van der Waals surface area contributed by atoms with Gasteiger partial charge in [0.2, 0.25) is 5.91 Å². The van der Waals surface area contributed by atoms with Crippen LogP contribution in [0.4, 0.5) is 5.69 Å². The zero-order valence-electron chi connectivity index (χ0n) is 14.3. The molecule has 0 radical (unpaired) electrons. The molecular formula is C20H18N2O4. The molecule has 0 atom stereocenters. The van der Waals surface area contributed by atoms with E-state index in [1.165, 1.54) is 18.2 Å². The molecule has 0 saturated carbocycles. The maximum atomic E-state index is 11.7. The van der Waals surface area contributed by atoms with Gasteiger partial charge in [-0.3, -0.25) is 14.9 Å². The molecule has 0 aliphatic rings. The molecule has 0 aliphatic heterocycles. The Labute approximate surface area is 151 Å². The number of non-ortho nitro benzene ring substituents is 1. The number of hydrogen-bond donors (Lipinski definition) is 1. The van der Waals surface area contributed by atoms with Crippen molar-refractivity contribution in [2.24, 2.45) is 0 Å². The van der Waals surface area contributed by atoms with E-state index in [1.807, 2.05) is 31.2 Å². The highest BCUT2D eigenvalue weighted by atomic mass is 16.6. The van der Waals surface area contributed by atoms with Crippen LogP contribution in [-0.2, 0) is 4.79 Å². The molecule has 1 amide bonds. The van der Waals surface area contributed by atoms with Crippen LogP contribution in [0.15, 0.2) is 54.6 Å². The monoisotopic (exact) mass is 350 g/mol. The molecule has 0 fully saturated rings. The van der Waals surface area contributed by atoms with E-state index in [4.69, 9.17) is 4.74 Å². The predicted octanol–water partition coefficient (Wildman–Crippen LogP) is 3.12. The van der Waals surface area contributed by atoms with Gasteiger partial charge >= 0.3 is 0 Å². The Kier molecular flexibility index (Phi) is 6.95. The van der Waals surface area contributed by atoms with Crippen molar-refractivity contribution >= 4 is 17.7 Å². The Hall–Kier alpha value is -3.59. The maximum absolute atomic E-state index is 11.7. The third kappa shape index (κ3) is 6.13. The predicted molar refractivity (Wildman–Crippen MR) is 99.6 cm³/mol. The number of ether oxygens (including phenoxy) is 1. The van der Waals surface area contributed by atoms with E-state index in [2.05, 4.69) is 17.2 Å². The SMILES string of the molecule is Cc1ccccc1OCC#CCNC(=O)/C=C/c1ccc([N+](=O)[O-])cc1. The summed E-state index contributed by atoms with van der Waals surface area (Å²) in [5.74, 6) is 6.14. The number of amides is 1. The number of carbonyl (C=O) groups excluding carboxylic acids is 1. The number of nitrogens with zero attached hydrogens (tertiary/aromatic N) is 1. The topological polar surface area (TPSA) is 81.5 Å². The maximum Gasteiger partial charge on any atom is 0.269 e. The van der Waals surface area contributed by atoms with E-state index in [1.54, 1.807) is 18.2 Å². The van der Waals surface area contributed by atoms with Crippen molar-refractivity contribution in [3.05, 3.63) is 75.8 Å². The highest BCUT2D eigenvalue weighted by molar-refractivity contribution is 5.91. The molecule has 2 rings (SSSR count). The van der Waals surface area contributed by atoms with Crippen molar-refractivity contribution in [1.82, 2.24) is 5.32 Å². The number of nitro groups is 1. The molecular weight excluding hydrogens is 332 g/mol. The largest absolute Gasteiger partial charge is 0.481 e. The van der Waals surface area contributed by atoms with Crippen LogP contribution < -0.4 is 10.1 Å². The van der Waals surface area contributed by atoms with Gasteiger partial charge in [-0.2, -0.15) is 0 Å². The molecule has 0 unspecified atom stereocenters. The summed E-state index contributed by atoms with van der Waals surface area (Å²) >= 11 is 0. The summed E-state index contributed by atoms with van der Waals surface area (Å²) in [4.78, 5) is 21.8. The zero-order chi connectivity index (χ0) is 18.8. The lowest BCUT2D eigenvalue weighted by Crippen LogP contribution is -2.21. The van der Waals surface area contributed by atoms with Gasteiger partial charge in [-0.15, -0.1) is 0 Å². The van der Waals surface area contributed by atoms with Gasteiger partial charge in [0.15, 0.2) is 0 Å². The summed E-state index contributed by atoms with van der Waals surface area (Å²) < 4.78 is 5.53. The minimum Gasteiger partial charge on any atom is -0.481 e. The van der Waals surface area contributed by atoms with Crippen molar-refractivity contribution in [1.29, 1.82) is 0 Å². The third-order valence-corrected chi connectivity index (χ3v) is 3.40. The average Bonchev–Trinajstić information content (AvgIpc) is 2.64. The van der Waals surface area contributed by atoms with Crippen LogP contribution in [0.1, 0.15) is 11.1 Å². The molecule has 2 aromatic carbocycles. The van der Waals surface area contributed by atoms with Gasteiger partial charge in [0.25, 0.3) is 5.69 Å². The normalized spacial score (nSPS) is 10.0. The highest BCUT2D eigenvalue weighted by Gasteiger charge is 2.02. The van der Waals surface area contributed by atoms with E-state index in [0.29, 0.717) is 5.56 Å². The molecule has 0 aromatic heterocycles. The van der Waals surface area contributed by atoms with E-state index in [0.717, 1.165) is 11.3 Å². The Morgan fingerprint density at radius 2 is 1.92 bits per heavy atom. The van der Waals surface area contributed by atoms with Crippen molar-refractivity contribution in [3.63, 3.8) is 0 Å². The lowest BCUT2D eigenvalue weighted by atomic mass is 10.2. The molecule has 6 heteroatoms. The molecule has 2 aromatic rings. The molecule has 1 N–H and O–H groups in total. The summed E-state index contributed by atoms with van der Waals surface area (Å²) in [7, 11) is 0. The Morgan fingerprint density at radius 1 is 1.19 bits per heavy atom. The molecule has 26 heavy (non-hydrogen) atoms. The standard InChI is InChI=1S/C20H18N2O4/c1-16-6-2-3-7-19(16)26-15-5-4-14-21-20(23)13-10-17-8-11-18(12-9-17)22(24)25/h2-3,6-13H,14-15H2,1H3,(H,21,23)/b13-10+. The second-order valence-electron chi connectivity index (χ2n) is 5.31. The van der Waals surface area contributed by atoms with Crippen LogP contribution in [0.25, 0.3) is 6.08 Å². The second-order valence-corrected chi connectivity index (χ2v) is 5.31. The fourth-order valence-corrected chi connectivity index (χ4v) is 2.02. The number of rotatable bonds is 6. The summed E-state index contributed by atoms with van der Waals surface area (Å²) in [6, 6.07) is 13.6. The Bertz CT molecular complexity index is 861. The fourth-order valence-electron chi connectivity index (χ4n) is 2.02. The van der Waals surface area contributed by atoms with Crippen molar-refractivity contribution < 1.29 is 14.5 Å². The average molecular weight is 350 g/mol. The quantitative estimate of drug-likeness (QED) is 0.376. The molecule has 0 heterocycles. The van der Waals surface area contributed by atoms with E-state index in [-0.39, 0.29) is 24.7 Å². The highest BCUT2D eigenvalue weighted by Crippen LogP contribution is 2.15. The minimum absolute atomic E-state index is 0.00907. The molecule has 132 valence electrons. The van der Waals surface area contributed by atoms with Crippen molar-refractivity contribution in [2.75, 3.05) is 13.2 Å². The van der Waals surface area contributed by atoms with Crippen LogP contribution in [0, 0.1) is 28.9 Å². The lowest BCUT2D eigenvalue weighted by Gasteiger charge is -2.04. The molecule has 0 bridgehead atoms. The van der Waals surface area contributed by atoms with E-state index < -0.39 is 4.92 Å². The summed E-state index contributed by atoms with van der Waals surface area (Å²) in [6.45, 7) is 2.42. The minimum atomic E-state index is -0.471. The van der Waals surface area contributed by atoms with Crippen LogP contribution >= 0.6 is 0 Å². The van der Waals surface area contributed by atoms with Crippen LogP contribution in [0.2, 0.25) is 0 Å². The number of para-hydroxylation sites is 1. The summed E-state index contributed by atoms with van der Waals surface area (Å²) in [6.07, 6.45) is 2.93. The number of carbonyl (C=O) groups is 1. The zero-order valence-corrected chi connectivity index (χ0v) is 14.3. The number of nitro benzene ring substituents is 1. The van der Waals surface area contributed by atoms with Crippen molar-refractivity contribution in [2.45, 2.75) is 6.92 Å². The van der Waals surface area contributed by atoms with Gasteiger partial charge in [-0.25, -0.2) is 0 Å². The van der Waals surface area contributed by atoms with Crippen LogP contribution in [0.3, 0.4) is 0 Å². The third-order valence-electron chi connectivity index (χ3n) is 3.40. The van der Waals surface area contributed by atoms with E-state index in [9.17, 15) is 14.9 Å². The van der Waals surface area contributed by atoms with Gasteiger partial charge in [0, 0.05) is 18.2 Å². The molecule has 6 nitrogen and oxygen atoms in total. The number of hydrogen-bond acceptors (Lipinski definition) is 4. The van der Waals surface area contributed by atoms with Crippen LogP contribution in [0.5, 0.6) is 5.75 Å². The Balaban J connectivity index is 1.72. The van der Waals surface area contributed by atoms with Gasteiger partial charge in [-0.1, -0.05) is 30.0 Å². The first kappa shape index (κ1) is 18.7. The summed E-state index contributed by atoms with van der Waals surface area (Å²) in [5.41, 5.74) is 1.75. The number of aryl methyl sites for hydroxylation is 1. The first-order chi connectivity index (χ1) is 12.6. The summed E-state index contributed by atoms with van der Waals surface area (Å²) in [5, 5.41) is 13.2. The smallest absolute Gasteiger partial charge is 0.269 e. The van der Waals surface area contributed by atoms with E-state index >= 15 is 0 Å². The van der Waals surface area contributed by atoms with Gasteiger partial charge < -0.3 is 10.1 Å². The van der Waals surface area contributed by atoms with Gasteiger partial charge in [0.1, 0.15) is 12.4 Å². The van der Waals surface area contributed by atoms with Crippen molar-refractivity contribution in [3.8, 4) is 17.6 Å². The second kappa shape index (κ2) is 9.64. The molecule has 0 spiro atoms. The first-order valence-electron chi connectivity index (χ1n) is 7.91. The van der Waals surface area contributed by atoms with Gasteiger partial charge in [-0.05, 0) is 42.3 Å². The first-order valence-corrected chi connectivity index (χ1v) is 7.91.